The summed E-state index contributed by atoms with van der Waals surface area (Å²) in [4.78, 5) is 0. The van der Waals surface area contributed by atoms with Crippen molar-refractivity contribution < 1.29 is 9.13 Å². The molecule has 0 aliphatic rings. The van der Waals surface area contributed by atoms with E-state index in [9.17, 15) is 5.26 Å². The molecule has 0 aliphatic carbocycles. The normalized spacial score (nSPS) is 11.2. The molecule has 39 heavy (non-hydrogen) atoms. The number of rotatable bonds is 6. The van der Waals surface area contributed by atoms with E-state index in [2.05, 4.69) is 133 Å². The Kier molecular flexibility index (Phi) is 7.48. The first-order valence-corrected chi connectivity index (χ1v) is 13.3. The summed E-state index contributed by atoms with van der Waals surface area (Å²) in [6.07, 6.45) is 8.40. The highest BCUT2D eigenvalue weighted by Crippen LogP contribution is 2.30. The first-order valence-electron chi connectivity index (χ1n) is 13.3. The third kappa shape index (κ3) is 5.56. The molecule has 0 saturated heterocycles. The van der Waals surface area contributed by atoms with Crippen LogP contribution in [0.5, 0.6) is 0 Å². The molecule has 0 amide bonds. The van der Waals surface area contributed by atoms with Gasteiger partial charge in [-0.1, -0.05) is 74.5 Å². The second kappa shape index (κ2) is 11.3. The van der Waals surface area contributed by atoms with E-state index in [1.165, 1.54) is 27.8 Å². The van der Waals surface area contributed by atoms with Crippen molar-refractivity contribution in [1.29, 1.82) is 5.26 Å². The van der Waals surface area contributed by atoms with Crippen LogP contribution >= 0.6 is 0 Å². The average molecular weight is 508 g/mol. The van der Waals surface area contributed by atoms with Gasteiger partial charge < -0.3 is 0 Å². The molecular weight excluding hydrogens is 474 g/mol. The van der Waals surface area contributed by atoms with Crippen LogP contribution in [0.2, 0.25) is 0 Å². The highest BCUT2D eigenvalue weighted by atomic mass is 14.9. The number of aryl methyl sites for hydroxylation is 2. The van der Waals surface area contributed by atoms with E-state index >= 15 is 0 Å². The maximum atomic E-state index is 9.46. The van der Waals surface area contributed by atoms with Crippen LogP contribution in [0.4, 0.5) is 0 Å². The average Bonchev–Trinajstić information content (AvgIpc) is 2.97. The van der Waals surface area contributed by atoms with Gasteiger partial charge >= 0.3 is 0 Å². The van der Waals surface area contributed by atoms with Gasteiger partial charge in [0.2, 0.25) is 11.4 Å². The van der Waals surface area contributed by atoms with Crippen molar-refractivity contribution in [3.8, 4) is 39.7 Å². The van der Waals surface area contributed by atoms with Crippen molar-refractivity contribution >= 4 is 12.3 Å². The summed E-state index contributed by atoms with van der Waals surface area (Å²) >= 11 is 0. The maximum Gasteiger partial charge on any atom is 0.218 e. The Morgan fingerprint density at radius 2 is 1.51 bits per heavy atom. The zero-order chi connectivity index (χ0) is 27.4. The molecule has 0 atom stereocenters. The third-order valence-corrected chi connectivity index (χ3v) is 7.23. The van der Waals surface area contributed by atoms with Crippen molar-refractivity contribution in [3.63, 3.8) is 0 Å². The number of nitrogens with zero attached hydrogens (tertiary/aromatic N) is 3. The predicted octanol–water partition coefficient (Wildman–Crippen LogP) is 7.73. The zero-order valence-corrected chi connectivity index (χ0v) is 23.0. The van der Waals surface area contributed by atoms with Crippen molar-refractivity contribution in [1.82, 2.24) is 0 Å². The first kappa shape index (κ1) is 25.8. The molecule has 0 aliphatic heterocycles. The Bertz CT molecular complexity index is 1710. The Balaban J connectivity index is 1.63. The van der Waals surface area contributed by atoms with Crippen molar-refractivity contribution in [2.75, 3.05) is 0 Å². The van der Waals surface area contributed by atoms with Crippen LogP contribution in [0.25, 0.3) is 45.9 Å². The van der Waals surface area contributed by atoms with E-state index in [1.807, 2.05) is 31.4 Å². The molecule has 5 rings (SSSR count). The fourth-order valence-electron chi connectivity index (χ4n) is 4.88. The van der Waals surface area contributed by atoms with Gasteiger partial charge in [-0.05, 0) is 52.8 Å². The second-order valence-electron chi connectivity index (χ2n) is 10.2. The van der Waals surface area contributed by atoms with Crippen LogP contribution in [0, 0.1) is 18.3 Å². The summed E-state index contributed by atoms with van der Waals surface area (Å²) in [6.45, 7) is 6.65. The van der Waals surface area contributed by atoms with Gasteiger partial charge in [0.05, 0.1) is 22.8 Å². The highest BCUT2D eigenvalue weighted by Gasteiger charge is 2.18. The van der Waals surface area contributed by atoms with Gasteiger partial charge in [0.1, 0.15) is 7.05 Å². The van der Waals surface area contributed by atoms with Gasteiger partial charge in [0.25, 0.3) is 0 Å². The molecule has 0 fully saturated rings. The number of hydrogen-bond acceptors (Lipinski definition) is 1. The highest BCUT2D eigenvalue weighted by molar-refractivity contribution is 5.76. The van der Waals surface area contributed by atoms with Gasteiger partial charge in [0, 0.05) is 30.3 Å². The molecule has 5 aromatic rings. The van der Waals surface area contributed by atoms with E-state index < -0.39 is 0 Å². The van der Waals surface area contributed by atoms with Gasteiger partial charge in [-0.3, -0.25) is 0 Å². The Hall–Kier alpha value is -4.81. The number of pyridine rings is 2. The quantitative estimate of drug-likeness (QED) is 0.216. The van der Waals surface area contributed by atoms with Gasteiger partial charge in [-0.15, -0.1) is 0 Å². The largest absolute Gasteiger partial charge is 0.218 e. The van der Waals surface area contributed by atoms with E-state index in [0.717, 1.165) is 22.5 Å². The van der Waals surface area contributed by atoms with Crippen molar-refractivity contribution in [2.24, 2.45) is 7.05 Å². The number of hydrogen-bond donors (Lipinski definition) is 0. The topological polar surface area (TPSA) is 31.5 Å². The van der Waals surface area contributed by atoms with Crippen LogP contribution in [0.1, 0.15) is 42.0 Å². The van der Waals surface area contributed by atoms with Gasteiger partial charge in [0.15, 0.2) is 18.6 Å². The van der Waals surface area contributed by atoms with Crippen LogP contribution in [0.3, 0.4) is 0 Å². The zero-order valence-electron chi connectivity index (χ0n) is 23.0. The summed E-state index contributed by atoms with van der Waals surface area (Å²) in [5.74, 6) is 0.424. The number of aromatic nitrogens is 2. The molecule has 0 saturated carbocycles. The van der Waals surface area contributed by atoms with Crippen LogP contribution in [0.15, 0.2) is 109 Å². The summed E-state index contributed by atoms with van der Waals surface area (Å²) in [5.41, 5.74) is 11.1. The lowest BCUT2D eigenvalue weighted by Crippen LogP contribution is -2.30. The third-order valence-electron chi connectivity index (χ3n) is 7.23. The van der Waals surface area contributed by atoms with E-state index in [-0.39, 0.29) is 0 Å². The SMILES string of the molecule is Cc1ccc(-c2ccccc2)cc1-c1cc(C(C)C)cc[n+]1/C=C\c1ccccc1-c1cc(C#N)cc[n+]1C. The summed E-state index contributed by atoms with van der Waals surface area (Å²) in [7, 11) is 2.01. The molecule has 3 heteroatoms. The Morgan fingerprint density at radius 1 is 0.744 bits per heavy atom. The van der Waals surface area contributed by atoms with Gasteiger partial charge in [-0.2, -0.15) is 9.83 Å². The van der Waals surface area contributed by atoms with Crippen LogP contribution < -0.4 is 9.13 Å². The molecule has 3 nitrogen and oxygen atoms in total. The Morgan fingerprint density at radius 3 is 2.28 bits per heavy atom. The summed E-state index contributed by atoms with van der Waals surface area (Å²) in [6, 6.07) is 36.1. The minimum Gasteiger partial charge on any atom is -0.201 e. The lowest BCUT2D eigenvalue weighted by Gasteiger charge is -2.11. The lowest BCUT2D eigenvalue weighted by molar-refractivity contribution is -0.660. The van der Waals surface area contributed by atoms with E-state index in [4.69, 9.17) is 0 Å². The van der Waals surface area contributed by atoms with Crippen molar-refractivity contribution in [3.05, 3.63) is 132 Å². The fraction of sp³-hybridized carbons (Fsp3) is 0.139. The lowest BCUT2D eigenvalue weighted by atomic mass is 9.95. The monoisotopic (exact) mass is 507 g/mol. The molecule has 0 bridgehead atoms. The van der Waals surface area contributed by atoms with E-state index in [1.54, 1.807) is 0 Å². The molecule has 2 aromatic heterocycles. The van der Waals surface area contributed by atoms with Gasteiger partial charge in [-0.25, -0.2) is 4.57 Å². The Labute approximate surface area is 231 Å². The van der Waals surface area contributed by atoms with Crippen LogP contribution in [-0.4, -0.2) is 0 Å². The molecule has 0 N–H and O–H groups in total. The molecule has 0 spiro atoms. The smallest absolute Gasteiger partial charge is 0.201 e. The van der Waals surface area contributed by atoms with Crippen molar-refractivity contribution in [2.45, 2.75) is 26.7 Å². The van der Waals surface area contributed by atoms with Crippen LogP contribution in [-0.2, 0) is 7.05 Å². The molecular formula is C36H33N3+2. The molecule has 0 unspecified atom stereocenters. The second-order valence-corrected chi connectivity index (χ2v) is 10.2. The molecule has 190 valence electrons. The molecule has 2 heterocycles. The van der Waals surface area contributed by atoms with E-state index in [0.29, 0.717) is 11.5 Å². The summed E-state index contributed by atoms with van der Waals surface area (Å²) < 4.78 is 4.27. The summed E-state index contributed by atoms with van der Waals surface area (Å²) in [5, 5.41) is 9.46. The molecule has 3 aromatic carbocycles. The molecule has 0 radical (unpaired) electrons. The first-order chi connectivity index (χ1) is 18.9. The minimum atomic E-state index is 0.424. The minimum absolute atomic E-state index is 0.424. The number of nitriles is 1. The standard InChI is InChI=1S/C36H33N3/c1-26(2)31-18-21-39(36(24-31)34-23-32(15-14-27(34)3)29-10-6-5-7-11-29)20-17-30-12-8-9-13-33(30)35-22-28(25-37)16-19-38(35)4/h5-24,26H,1-4H3/q+2/b20-17-. The fourth-order valence-corrected chi connectivity index (χ4v) is 4.88. The predicted molar refractivity (Wildman–Crippen MR) is 159 cm³/mol. The maximum absolute atomic E-state index is 9.46. The number of benzene rings is 3.